The van der Waals surface area contributed by atoms with Crippen molar-refractivity contribution in [2.75, 3.05) is 42.5 Å². The lowest BCUT2D eigenvalue weighted by Crippen LogP contribution is -2.62. The number of nitrogens with one attached hydrogen (secondary N) is 2. The molecule has 2 heterocycles. The van der Waals surface area contributed by atoms with Gasteiger partial charge in [-0.05, 0) is 24.3 Å². The highest BCUT2D eigenvalue weighted by molar-refractivity contribution is 6.68. The number of benzene rings is 1. The first-order valence-electron chi connectivity index (χ1n) is 9.84. The smallest absolute Gasteiger partial charge is 0.414 e. The van der Waals surface area contributed by atoms with Gasteiger partial charge in [-0.15, -0.1) is 0 Å². The summed E-state index contributed by atoms with van der Waals surface area (Å²) in [4.78, 5) is 38.6. The molecule has 13 heteroatoms. The monoisotopic (exact) mass is 509 g/mol. The van der Waals surface area contributed by atoms with Crippen LogP contribution in [0.5, 0.6) is 0 Å². The molecular weight excluding hydrogens is 488 g/mol. The fourth-order valence-electron chi connectivity index (χ4n) is 3.66. The minimum absolute atomic E-state index is 0.00166. The van der Waals surface area contributed by atoms with Gasteiger partial charge >= 0.3 is 6.09 Å². The molecule has 2 fully saturated rings. The first-order chi connectivity index (χ1) is 15.1. The second kappa shape index (κ2) is 10.3. The van der Waals surface area contributed by atoms with Crippen LogP contribution in [0.15, 0.2) is 24.3 Å². The van der Waals surface area contributed by atoms with Gasteiger partial charge in [-0.2, -0.15) is 0 Å². The molecule has 3 unspecified atom stereocenters. The SMILES string of the molecule is CC(=O)NCC1CN(c2ccc(N3CCN(C(NC=O)C(Cl)(Cl)Cl)C(F)C3)cc2)C(=O)O1. The van der Waals surface area contributed by atoms with Crippen LogP contribution in [0, 0.1) is 0 Å². The van der Waals surface area contributed by atoms with E-state index < -0.39 is 28.5 Å². The molecule has 3 rings (SSSR count). The molecule has 2 saturated heterocycles. The predicted molar refractivity (Wildman–Crippen MR) is 120 cm³/mol. The maximum absolute atomic E-state index is 14.9. The molecule has 9 nitrogen and oxygen atoms in total. The number of ether oxygens (including phenoxy) is 1. The van der Waals surface area contributed by atoms with Crippen molar-refractivity contribution in [2.24, 2.45) is 0 Å². The van der Waals surface area contributed by atoms with Crippen molar-refractivity contribution < 1.29 is 23.5 Å². The number of rotatable bonds is 7. The molecule has 1 aromatic rings. The average Bonchev–Trinajstić information content (AvgIpc) is 3.11. The van der Waals surface area contributed by atoms with Gasteiger partial charge in [-0.25, -0.2) is 14.1 Å². The Balaban J connectivity index is 1.62. The van der Waals surface area contributed by atoms with E-state index in [0.29, 0.717) is 25.2 Å². The lowest BCUT2D eigenvalue weighted by atomic mass is 10.2. The van der Waals surface area contributed by atoms with Gasteiger partial charge < -0.3 is 20.3 Å². The molecule has 0 radical (unpaired) electrons. The van der Waals surface area contributed by atoms with E-state index in [0.717, 1.165) is 5.69 Å². The van der Waals surface area contributed by atoms with Crippen LogP contribution in [0.4, 0.5) is 20.6 Å². The highest BCUT2D eigenvalue weighted by Crippen LogP contribution is 2.34. The van der Waals surface area contributed by atoms with Gasteiger partial charge in [0.2, 0.25) is 16.1 Å². The third kappa shape index (κ3) is 5.86. The first-order valence-corrected chi connectivity index (χ1v) is 11.0. The Morgan fingerprint density at radius 2 is 1.91 bits per heavy atom. The van der Waals surface area contributed by atoms with Crippen LogP contribution in [0.2, 0.25) is 0 Å². The van der Waals surface area contributed by atoms with Crippen molar-refractivity contribution in [1.82, 2.24) is 15.5 Å². The van der Waals surface area contributed by atoms with Crippen LogP contribution in [-0.2, 0) is 14.3 Å². The molecule has 0 saturated carbocycles. The Hall–Kier alpha value is -2.01. The van der Waals surface area contributed by atoms with Crippen molar-refractivity contribution in [1.29, 1.82) is 0 Å². The third-order valence-corrected chi connectivity index (χ3v) is 5.83. The Morgan fingerprint density at radius 1 is 1.25 bits per heavy atom. The molecule has 3 atom stereocenters. The van der Waals surface area contributed by atoms with Crippen LogP contribution in [0.25, 0.3) is 0 Å². The quantitative estimate of drug-likeness (QED) is 0.331. The van der Waals surface area contributed by atoms with Crippen molar-refractivity contribution in [3.63, 3.8) is 0 Å². The molecule has 0 aromatic heterocycles. The van der Waals surface area contributed by atoms with Gasteiger partial charge in [0.05, 0.1) is 19.6 Å². The molecule has 0 bridgehead atoms. The number of amides is 3. The van der Waals surface area contributed by atoms with E-state index in [4.69, 9.17) is 39.5 Å². The number of nitrogens with zero attached hydrogens (tertiary/aromatic N) is 3. The zero-order valence-electron chi connectivity index (χ0n) is 17.1. The topological polar surface area (TPSA) is 94.2 Å². The van der Waals surface area contributed by atoms with E-state index in [2.05, 4.69) is 10.6 Å². The molecule has 0 aliphatic carbocycles. The summed E-state index contributed by atoms with van der Waals surface area (Å²) in [6.45, 7) is 2.60. The molecule has 2 aliphatic rings. The molecule has 176 valence electrons. The highest BCUT2D eigenvalue weighted by Gasteiger charge is 2.42. The van der Waals surface area contributed by atoms with Gasteiger partial charge in [0, 0.05) is 31.4 Å². The number of cyclic esters (lactones) is 1. The van der Waals surface area contributed by atoms with Crippen molar-refractivity contribution in [3.05, 3.63) is 24.3 Å². The normalized spacial score (nSPS) is 23.0. The number of halogens is 4. The van der Waals surface area contributed by atoms with Crippen LogP contribution in [0.3, 0.4) is 0 Å². The van der Waals surface area contributed by atoms with E-state index in [1.54, 1.807) is 24.3 Å². The van der Waals surface area contributed by atoms with Crippen molar-refractivity contribution in [2.45, 2.75) is 29.3 Å². The van der Waals surface area contributed by atoms with Gasteiger partial charge in [0.25, 0.3) is 0 Å². The van der Waals surface area contributed by atoms with E-state index in [9.17, 15) is 18.8 Å². The second-order valence-corrected chi connectivity index (χ2v) is 9.79. The third-order valence-electron chi connectivity index (χ3n) is 5.21. The number of alkyl halides is 4. The summed E-state index contributed by atoms with van der Waals surface area (Å²) >= 11 is 17.7. The standard InChI is InChI=1S/C19H23Cl3FN5O4/c1-12(30)24-8-15-9-28(18(31)32-15)14-4-2-13(3-5-14)26-6-7-27(16(23)10-26)17(25-11-29)19(20,21)22/h2-5,11,15-17H,6-10H2,1H3,(H,24,30)(H,25,29). The molecule has 3 amide bonds. The van der Waals surface area contributed by atoms with Crippen LogP contribution in [0.1, 0.15) is 6.92 Å². The Morgan fingerprint density at radius 3 is 2.47 bits per heavy atom. The zero-order valence-corrected chi connectivity index (χ0v) is 19.4. The van der Waals surface area contributed by atoms with Crippen LogP contribution >= 0.6 is 34.8 Å². The molecule has 2 N–H and O–H groups in total. The maximum atomic E-state index is 14.9. The average molecular weight is 511 g/mol. The summed E-state index contributed by atoms with van der Waals surface area (Å²) in [6.07, 6.45) is -3.15. The molecular formula is C19H23Cl3FN5O4. The molecule has 2 aliphatic heterocycles. The van der Waals surface area contributed by atoms with Gasteiger partial charge in [0.15, 0.2) is 6.30 Å². The van der Waals surface area contributed by atoms with E-state index in [1.807, 2.05) is 4.90 Å². The fraction of sp³-hybridized carbons (Fsp3) is 0.526. The van der Waals surface area contributed by atoms with Gasteiger partial charge in [0.1, 0.15) is 12.3 Å². The summed E-state index contributed by atoms with van der Waals surface area (Å²) < 4.78 is 18.3. The van der Waals surface area contributed by atoms with Gasteiger partial charge in [-0.1, -0.05) is 34.8 Å². The highest BCUT2D eigenvalue weighted by atomic mass is 35.6. The summed E-state index contributed by atoms with van der Waals surface area (Å²) in [5.41, 5.74) is 1.39. The van der Waals surface area contributed by atoms with Crippen LogP contribution in [-0.4, -0.2) is 78.4 Å². The lowest BCUT2D eigenvalue weighted by molar-refractivity contribution is -0.119. The first kappa shape index (κ1) is 24.6. The predicted octanol–water partition coefficient (Wildman–Crippen LogP) is 2.01. The summed E-state index contributed by atoms with van der Waals surface area (Å²) in [5, 5.41) is 4.98. The van der Waals surface area contributed by atoms with Crippen LogP contribution < -0.4 is 20.4 Å². The molecule has 0 spiro atoms. The summed E-state index contributed by atoms with van der Waals surface area (Å²) in [5.74, 6) is -0.197. The summed E-state index contributed by atoms with van der Waals surface area (Å²) in [6, 6.07) is 7.05. The van der Waals surface area contributed by atoms with Gasteiger partial charge in [-0.3, -0.25) is 14.5 Å². The van der Waals surface area contributed by atoms with Crippen molar-refractivity contribution in [3.8, 4) is 0 Å². The lowest BCUT2D eigenvalue weighted by Gasteiger charge is -2.44. The minimum atomic E-state index is -1.89. The fourth-order valence-corrected chi connectivity index (χ4v) is 4.23. The number of carbonyl (C=O) groups is 3. The second-order valence-electron chi connectivity index (χ2n) is 7.42. The Kier molecular flexibility index (Phi) is 7.92. The van der Waals surface area contributed by atoms with E-state index in [-0.39, 0.29) is 25.5 Å². The van der Waals surface area contributed by atoms with Crippen molar-refractivity contribution >= 4 is 64.6 Å². The number of piperazine rings is 1. The largest absolute Gasteiger partial charge is 0.442 e. The minimum Gasteiger partial charge on any atom is -0.442 e. The number of carbonyl (C=O) groups excluding carboxylic acids is 3. The molecule has 1 aromatic carbocycles. The maximum Gasteiger partial charge on any atom is 0.414 e. The van der Waals surface area contributed by atoms with E-state index in [1.165, 1.54) is 16.7 Å². The Bertz CT molecular complexity index is 841. The number of anilines is 2. The van der Waals surface area contributed by atoms with E-state index >= 15 is 0 Å². The number of hydrogen-bond donors (Lipinski definition) is 2. The molecule has 32 heavy (non-hydrogen) atoms. The zero-order chi connectivity index (χ0) is 23.5. The summed E-state index contributed by atoms with van der Waals surface area (Å²) in [7, 11) is 0. The number of hydrogen-bond acceptors (Lipinski definition) is 6. The Labute approximate surface area is 199 Å².